The van der Waals surface area contributed by atoms with E-state index in [4.69, 9.17) is 0 Å². The Morgan fingerprint density at radius 1 is 1.08 bits per heavy atom. The van der Waals surface area contributed by atoms with Gasteiger partial charge >= 0.3 is 5.97 Å². The molecule has 0 unspecified atom stereocenters. The zero-order valence-corrected chi connectivity index (χ0v) is 14.1. The molecule has 0 saturated carbocycles. The Balaban J connectivity index is 2.21. The number of carboxylic acids is 1. The largest absolute Gasteiger partial charge is 0.476 e. The molecular formula is C20H20N2O2. The maximum Gasteiger partial charge on any atom is 0.356 e. The SMILES string of the molecule is CCc1ccc(-n2nc(C(=O)O)cc2-c2cc(C)ccc2C)cc1. The minimum absolute atomic E-state index is 0.0467. The van der Waals surface area contributed by atoms with E-state index in [2.05, 4.69) is 18.1 Å². The summed E-state index contributed by atoms with van der Waals surface area (Å²) >= 11 is 0. The van der Waals surface area contributed by atoms with Crippen molar-refractivity contribution in [2.24, 2.45) is 0 Å². The first kappa shape index (κ1) is 16.0. The Morgan fingerprint density at radius 2 is 1.79 bits per heavy atom. The van der Waals surface area contributed by atoms with Crippen molar-refractivity contribution in [3.63, 3.8) is 0 Å². The first-order valence-corrected chi connectivity index (χ1v) is 8.00. The van der Waals surface area contributed by atoms with Gasteiger partial charge in [0.2, 0.25) is 0 Å². The highest BCUT2D eigenvalue weighted by Crippen LogP contribution is 2.28. The number of aromatic nitrogens is 2. The molecule has 0 aliphatic heterocycles. The fourth-order valence-corrected chi connectivity index (χ4v) is 2.76. The minimum atomic E-state index is -1.02. The van der Waals surface area contributed by atoms with Gasteiger partial charge in [0.25, 0.3) is 0 Å². The van der Waals surface area contributed by atoms with Crippen LogP contribution in [-0.2, 0) is 6.42 Å². The van der Waals surface area contributed by atoms with Crippen LogP contribution >= 0.6 is 0 Å². The van der Waals surface area contributed by atoms with E-state index in [0.29, 0.717) is 0 Å². The summed E-state index contributed by atoms with van der Waals surface area (Å²) in [5.41, 5.74) is 6.14. The summed E-state index contributed by atoms with van der Waals surface area (Å²) in [5.74, 6) is -1.02. The summed E-state index contributed by atoms with van der Waals surface area (Å²) in [6.07, 6.45) is 0.962. The van der Waals surface area contributed by atoms with E-state index in [0.717, 1.165) is 34.5 Å². The lowest BCUT2D eigenvalue weighted by molar-refractivity contribution is 0.0690. The van der Waals surface area contributed by atoms with Crippen LogP contribution in [0.5, 0.6) is 0 Å². The van der Waals surface area contributed by atoms with E-state index in [1.54, 1.807) is 10.7 Å². The summed E-state index contributed by atoms with van der Waals surface area (Å²) in [4.78, 5) is 11.4. The smallest absolute Gasteiger partial charge is 0.356 e. The second kappa shape index (κ2) is 6.32. The maximum atomic E-state index is 11.4. The number of nitrogens with zero attached hydrogens (tertiary/aromatic N) is 2. The minimum Gasteiger partial charge on any atom is -0.476 e. The average Bonchev–Trinajstić information content (AvgIpc) is 3.02. The number of aromatic carboxylic acids is 1. The van der Waals surface area contributed by atoms with Gasteiger partial charge in [0.1, 0.15) is 0 Å². The number of carboxylic acid groups (broad SMARTS) is 1. The highest BCUT2D eigenvalue weighted by Gasteiger charge is 2.17. The van der Waals surface area contributed by atoms with Crippen molar-refractivity contribution in [1.29, 1.82) is 0 Å². The molecule has 3 rings (SSSR count). The Hall–Kier alpha value is -2.88. The van der Waals surface area contributed by atoms with E-state index in [-0.39, 0.29) is 5.69 Å². The zero-order chi connectivity index (χ0) is 17.3. The van der Waals surface area contributed by atoms with Crippen molar-refractivity contribution in [3.8, 4) is 16.9 Å². The second-order valence-corrected chi connectivity index (χ2v) is 5.97. The molecule has 4 heteroatoms. The van der Waals surface area contributed by atoms with Crippen molar-refractivity contribution in [2.75, 3.05) is 0 Å². The normalized spacial score (nSPS) is 10.8. The number of benzene rings is 2. The molecule has 1 N–H and O–H groups in total. The fourth-order valence-electron chi connectivity index (χ4n) is 2.76. The van der Waals surface area contributed by atoms with Crippen molar-refractivity contribution >= 4 is 5.97 Å². The highest BCUT2D eigenvalue weighted by molar-refractivity contribution is 5.87. The summed E-state index contributed by atoms with van der Waals surface area (Å²) in [6, 6.07) is 15.8. The monoisotopic (exact) mass is 320 g/mol. The van der Waals surface area contributed by atoms with Gasteiger partial charge in [-0.1, -0.05) is 36.8 Å². The standard InChI is InChI=1S/C20H20N2O2/c1-4-15-7-9-16(10-8-15)22-19(12-18(21-22)20(23)24)17-11-13(2)5-6-14(17)3/h5-12H,4H2,1-3H3,(H,23,24). The Morgan fingerprint density at radius 3 is 2.42 bits per heavy atom. The second-order valence-electron chi connectivity index (χ2n) is 5.97. The van der Waals surface area contributed by atoms with Crippen LogP contribution in [0.15, 0.2) is 48.5 Å². The molecular weight excluding hydrogens is 300 g/mol. The van der Waals surface area contributed by atoms with Crippen LogP contribution in [0, 0.1) is 13.8 Å². The van der Waals surface area contributed by atoms with Gasteiger partial charge in [-0.15, -0.1) is 0 Å². The fraction of sp³-hybridized carbons (Fsp3) is 0.200. The molecule has 122 valence electrons. The molecule has 3 aromatic rings. The number of hydrogen-bond donors (Lipinski definition) is 1. The molecule has 0 radical (unpaired) electrons. The molecule has 0 aliphatic rings. The van der Waals surface area contributed by atoms with Gasteiger partial charge in [0.05, 0.1) is 11.4 Å². The van der Waals surface area contributed by atoms with E-state index < -0.39 is 5.97 Å². The van der Waals surface area contributed by atoms with E-state index >= 15 is 0 Å². The first-order valence-electron chi connectivity index (χ1n) is 8.00. The van der Waals surface area contributed by atoms with E-state index in [9.17, 15) is 9.90 Å². The number of aryl methyl sites for hydroxylation is 3. The van der Waals surface area contributed by atoms with E-state index in [1.807, 2.05) is 50.2 Å². The molecule has 0 saturated heterocycles. The molecule has 0 spiro atoms. The van der Waals surface area contributed by atoms with Gasteiger partial charge in [-0.3, -0.25) is 0 Å². The van der Waals surface area contributed by atoms with Crippen LogP contribution in [-0.4, -0.2) is 20.9 Å². The Bertz CT molecular complexity index is 893. The van der Waals surface area contributed by atoms with Gasteiger partial charge in [0, 0.05) is 5.56 Å². The van der Waals surface area contributed by atoms with E-state index in [1.165, 1.54) is 5.56 Å². The first-order chi connectivity index (χ1) is 11.5. The van der Waals surface area contributed by atoms with Crippen LogP contribution in [0.25, 0.3) is 16.9 Å². The lowest BCUT2D eigenvalue weighted by atomic mass is 10.0. The third-order valence-corrected chi connectivity index (χ3v) is 4.19. The zero-order valence-electron chi connectivity index (χ0n) is 14.1. The summed E-state index contributed by atoms with van der Waals surface area (Å²) in [7, 11) is 0. The molecule has 1 heterocycles. The maximum absolute atomic E-state index is 11.4. The molecule has 1 aromatic heterocycles. The number of rotatable bonds is 4. The van der Waals surface area contributed by atoms with Crippen molar-refractivity contribution in [3.05, 3.63) is 70.9 Å². The molecule has 2 aromatic carbocycles. The number of hydrogen-bond acceptors (Lipinski definition) is 2. The van der Waals surface area contributed by atoms with Crippen molar-refractivity contribution < 1.29 is 9.90 Å². The van der Waals surface area contributed by atoms with Gasteiger partial charge < -0.3 is 5.11 Å². The lowest BCUT2D eigenvalue weighted by Gasteiger charge is -2.11. The molecule has 24 heavy (non-hydrogen) atoms. The quantitative estimate of drug-likeness (QED) is 0.774. The molecule has 0 bridgehead atoms. The molecule has 0 amide bonds. The molecule has 0 fully saturated rings. The molecule has 4 nitrogen and oxygen atoms in total. The van der Waals surface area contributed by atoms with Gasteiger partial charge in [0.15, 0.2) is 5.69 Å². The van der Waals surface area contributed by atoms with Crippen LogP contribution in [0.3, 0.4) is 0 Å². The summed E-state index contributed by atoms with van der Waals surface area (Å²) < 4.78 is 1.71. The molecule has 0 atom stereocenters. The predicted octanol–water partition coefficient (Wildman–Crippen LogP) is 4.42. The van der Waals surface area contributed by atoms with Gasteiger partial charge in [-0.2, -0.15) is 5.10 Å². The lowest BCUT2D eigenvalue weighted by Crippen LogP contribution is -2.03. The average molecular weight is 320 g/mol. The van der Waals surface area contributed by atoms with Gasteiger partial charge in [-0.25, -0.2) is 9.48 Å². The predicted molar refractivity (Wildman–Crippen MR) is 94.8 cm³/mol. The highest BCUT2D eigenvalue weighted by atomic mass is 16.4. The Labute approximate surface area is 141 Å². The number of carbonyl (C=O) groups is 1. The third-order valence-electron chi connectivity index (χ3n) is 4.19. The summed E-state index contributed by atoms with van der Waals surface area (Å²) in [6.45, 7) is 6.15. The third kappa shape index (κ3) is 2.95. The van der Waals surface area contributed by atoms with Crippen molar-refractivity contribution in [1.82, 2.24) is 9.78 Å². The Kier molecular flexibility index (Phi) is 4.21. The topological polar surface area (TPSA) is 55.1 Å². The molecule has 0 aliphatic carbocycles. The van der Waals surface area contributed by atoms with Gasteiger partial charge in [-0.05, 0) is 55.7 Å². The van der Waals surface area contributed by atoms with Crippen LogP contribution < -0.4 is 0 Å². The van der Waals surface area contributed by atoms with Crippen molar-refractivity contribution in [2.45, 2.75) is 27.2 Å². The van der Waals surface area contributed by atoms with Crippen LogP contribution in [0.1, 0.15) is 34.1 Å². The van der Waals surface area contributed by atoms with Crippen LogP contribution in [0.4, 0.5) is 0 Å². The summed E-state index contributed by atoms with van der Waals surface area (Å²) in [5, 5.41) is 13.6. The van der Waals surface area contributed by atoms with Crippen LogP contribution in [0.2, 0.25) is 0 Å².